The number of hydrogen-bond acceptors (Lipinski definition) is 7. The summed E-state index contributed by atoms with van der Waals surface area (Å²) >= 11 is 0. The summed E-state index contributed by atoms with van der Waals surface area (Å²) in [5.41, 5.74) is 0.286. The molecule has 33 heavy (non-hydrogen) atoms. The molecule has 176 valence electrons. The molecule has 0 bridgehead atoms. The molecule has 1 aliphatic carbocycles. The third-order valence-electron chi connectivity index (χ3n) is 5.92. The minimum absolute atomic E-state index is 0.0724. The highest BCUT2D eigenvalue weighted by atomic mass is 16.6. The molecule has 2 unspecified atom stereocenters. The Morgan fingerprint density at radius 3 is 2.33 bits per heavy atom. The maximum atomic E-state index is 13.1. The molecular weight excluding hydrogens is 426 g/mol. The van der Waals surface area contributed by atoms with E-state index in [0.29, 0.717) is 22.6 Å². The number of rotatable bonds is 9. The Hall–Kier alpha value is -3.55. The number of methoxy groups -OCH3 is 3. The van der Waals surface area contributed by atoms with E-state index in [1.807, 2.05) is 30.3 Å². The van der Waals surface area contributed by atoms with Crippen LogP contribution in [-0.4, -0.2) is 52.3 Å². The maximum Gasteiger partial charge on any atom is 0.328 e. The van der Waals surface area contributed by atoms with Crippen LogP contribution in [0.25, 0.3) is 0 Å². The molecule has 2 atom stereocenters. The number of carbonyl (C=O) groups is 3. The van der Waals surface area contributed by atoms with Crippen LogP contribution in [0.4, 0.5) is 0 Å². The second-order valence-electron chi connectivity index (χ2n) is 7.75. The third-order valence-corrected chi connectivity index (χ3v) is 5.92. The highest BCUT2D eigenvalue weighted by Crippen LogP contribution is 2.53. The fourth-order valence-electron chi connectivity index (χ4n) is 4.46. The molecule has 3 rings (SSSR count). The van der Waals surface area contributed by atoms with Crippen molar-refractivity contribution < 1.29 is 33.3 Å². The summed E-state index contributed by atoms with van der Waals surface area (Å²) in [6, 6.07) is 12.7. The lowest BCUT2D eigenvalue weighted by molar-refractivity contribution is -0.163. The number of nitrogens with one attached hydrogen (secondary N) is 1. The standard InChI is InChI=1S/C25H29NO7/c1-5-33-24(29)25(23(28)32-4)14-17(15-26-20(27)13-16-9-7-6-8-10-16)21-18(25)11-12-19(30-2)22(21)31-3/h6-12,17H,5,13-15H2,1-4H3,(H,26,27). The molecule has 0 fully saturated rings. The molecule has 2 aromatic carbocycles. The van der Waals surface area contributed by atoms with Crippen molar-refractivity contribution >= 4 is 17.8 Å². The predicted octanol–water partition coefficient (Wildman–Crippen LogP) is 2.52. The number of amides is 1. The van der Waals surface area contributed by atoms with Crippen molar-refractivity contribution in [2.75, 3.05) is 34.5 Å². The molecule has 0 radical (unpaired) electrons. The summed E-state index contributed by atoms with van der Waals surface area (Å²) in [7, 11) is 4.24. The van der Waals surface area contributed by atoms with E-state index in [0.717, 1.165) is 5.56 Å². The Morgan fingerprint density at radius 1 is 1.00 bits per heavy atom. The van der Waals surface area contributed by atoms with E-state index in [2.05, 4.69) is 5.32 Å². The Morgan fingerprint density at radius 2 is 1.73 bits per heavy atom. The summed E-state index contributed by atoms with van der Waals surface area (Å²) < 4.78 is 21.4. The van der Waals surface area contributed by atoms with Gasteiger partial charge in [0.25, 0.3) is 0 Å². The Kier molecular flexibility index (Phi) is 7.58. The minimum Gasteiger partial charge on any atom is -0.493 e. The van der Waals surface area contributed by atoms with Crippen molar-refractivity contribution in [2.45, 2.75) is 31.1 Å². The number of ether oxygens (including phenoxy) is 4. The van der Waals surface area contributed by atoms with Crippen molar-refractivity contribution in [2.24, 2.45) is 0 Å². The zero-order chi connectivity index (χ0) is 24.0. The topological polar surface area (TPSA) is 100 Å². The van der Waals surface area contributed by atoms with Crippen molar-refractivity contribution in [1.29, 1.82) is 0 Å². The second-order valence-corrected chi connectivity index (χ2v) is 7.75. The zero-order valence-corrected chi connectivity index (χ0v) is 19.3. The number of hydrogen-bond donors (Lipinski definition) is 1. The lowest BCUT2D eigenvalue weighted by atomic mass is 9.81. The Bertz CT molecular complexity index is 1020. The molecule has 1 amide bonds. The first-order valence-electron chi connectivity index (χ1n) is 10.7. The lowest BCUT2D eigenvalue weighted by Gasteiger charge is -2.25. The number of carbonyl (C=O) groups excluding carboxylic acids is 3. The number of esters is 2. The van der Waals surface area contributed by atoms with E-state index in [9.17, 15) is 14.4 Å². The van der Waals surface area contributed by atoms with Crippen LogP contribution >= 0.6 is 0 Å². The summed E-state index contributed by atoms with van der Waals surface area (Å²) in [6.45, 7) is 1.98. The molecule has 0 heterocycles. The normalized spacial score (nSPS) is 18.7. The summed E-state index contributed by atoms with van der Waals surface area (Å²) in [5.74, 6) is -1.12. The van der Waals surface area contributed by atoms with Crippen LogP contribution in [0.2, 0.25) is 0 Å². The molecule has 1 N–H and O–H groups in total. The lowest BCUT2D eigenvalue weighted by Crippen LogP contribution is -2.44. The molecular formula is C25H29NO7. The van der Waals surface area contributed by atoms with Gasteiger partial charge in [-0.15, -0.1) is 0 Å². The van der Waals surface area contributed by atoms with Gasteiger partial charge in [-0.3, -0.25) is 14.4 Å². The highest BCUT2D eigenvalue weighted by Gasteiger charge is 2.58. The van der Waals surface area contributed by atoms with Gasteiger partial charge in [0.1, 0.15) is 0 Å². The molecule has 0 aromatic heterocycles. The quantitative estimate of drug-likeness (QED) is 0.458. The van der Waals surface area contributed by atoms with Crippen LogP contribution in [0.3, 0.4) is 0 Å². The highest BCUT2D eigenvalue weighted by molar-refractivity contribution is 6.08. The van der Waals surface area contributed by atoms with Gasteiger partial charge >= 0.3 is 11.9 Å². The second kappa shape index (κ2) is 10.4. The van der Waals surface area contributed by atoms with Gasteiger partial charge in [-0.05, 0) is 30.5 Å². The van der Waals surface area contributed by atoms with Crippen molar-refractivity contribution in [3.63, 3.8) is 0 Å². The SMILES string of the molecule is CCOC(=O)C1(C(=O)OC)CC(CNC(=O)Cc2ccccc2)c2c1ccc(OC)c2OC. The van der Waals surface area contributed by atoms with Gasteiger partial charge in [-0.2, -0.15) is 0 Å². The molecule has 0 aliphatic heterocycles. The number of fused-ring (bicyclic) bond motifs is 1. The predicted molar refractivity (Wildman–Crippen MR) is 120 cm³/mol. The van der Waals surface area contributed by atoms with E-state index < -0.39 is 23.3 Å². The van der Waals surface area contributed by atoms with Crippen LogP contribution < -0.4 is 14.8 Å². The largest absolute Gasteiger partial charge is 0.493 e. The first kappa shape index (κ1) is 24.1. The fraction of sp³-hybridized carbons (Fsp3) is 0.400. The molecule has 8 heteroatoms. The van der Waals surface area contributed by atoms with Gasteiger partial charge in [0.2, 0.25) is 5.91 Å². The summed E-state index contributed by atoms with van der Waals surface area (Å²) in [5, 5.41) is 2.93. The van der Waals surface area contributed by atoms with Crippen molar-refractivity contribution in [3.8, 4) is 11.5 Å². The molecule has 1 aliphatic rings. The fourth-order valence-corrected chi connectivity index (χ4v) is 4.46. The van der Waals surface area contributed by atoms with Crippen LogP contribution in [0, 0.1) is 0 Å². The van der Waals surface area contributed by atoms with Gasteiger partial charge < -0.3 is 24.3 Å². The summed E-state index contributed by atoms with van der Waals surface area (Å²) in [4.78, 5) is 38.7. The van der Waals surface area contributed by atoms with Gasteiger partial charge in [-0.25, -0.2) is 0 Å². The minimum atomic E-state index is -1.66. The smallest absolute Gasteiger partial charge is 0.328 e. The van der Waals surface area contributed by atoms with E-state index in [1.54, 1.807) is 19.1 Å². The third kappa shape index (κ3) is 4.51. The summed E-state index contributed by atoms with van der Waals surface area (Å²) in [6.07, 6.45) is 0.290. The molecule has 0 saturated carbocycles. The van der Waals surface area contributed by atoms with Crippen LogP contribution in [-0.2, 0) is 35.7 Å². The van der Waals surface area contributed by atoms with Crippen LogP contribution in [0.5, 0.6) is 11.5 Å². The maximum absolute atomic E-state index is 13.1. The van der Waals surface area contributed by atoms with Crippen molar-refractivity contribution in [3.05, 3.63) is 59.2 Å². The first-order valence-corrected chi connectivity index (χ1v) is 10.7. The average molecular weight is 456 g/mol. The van der Waals surface area contributed by atoms with Gasteiger partial charge in [-0.1, -0.05) is 36.4 Å². The molecule has 0 spiro atoms. The van der Waals surface area contributed by atoms with E-state index >= 15 is 0 Å². The van der Waals surface area contributed by atoms with E-state index in [4.69, 9.17) is 18.9 Å². The zero-order valence-electron chi connectivity index (χ0n) is 19.3. The van der Waals surface area contributed by atoms with E-state index in [1.165, 1.54) is 21.3 Å². The Balaban J connectivity index is 1.99. The number of benzene rings is 2. The van der Waals surface area contributed by atoms with Gasteiger partial charge in [0, 0.05) is 18.0 Å². The first-order chi connectivity index (χ1) is 15.9. The van der Waals surface area contributed by atoms with Crippen LogP contribution in [0.15, 0.2) is 42.5 Å². The van der Waals surface area contributed by atoms with Crippen molar-refractivity contribution in [1.82, 2.24) is 5.32 Å². The van der Waals surface area contributed by atoms with Gasteiger partial charge in [0.15, 0.2) is 16.9 Å². The monoisotopic (exact) mass is 455 g/mol. The van der Waals surface area contributed by atoms with E-state index in [-0.39, 0.29) is 31.9 Å². The molecule has 2 aromatic rings. The average Bonchev–Trinajstić information content (AvgIpc) is 3.18. The van der Waals surface area contributed by atoms with Crippen LogP contribution in [0.1, 0.15) is 36.0 Å². The Labute approximate surface area is 193 Å². The molecule has 8 nitrogen and oxygen atoms in total. The van der Waals surface area contributed by atoms with Gasteiger partial charge in [0.05, 0.1) is 34.4 Å². The molecule has 0 saturated heterocycles.